The molecule has 0 radical (unpaired) electrons. The Morgan fingerprint density at radius 1 is 1.39 bits per heavy atom. The fourth-order valence-corrected chi connectivity index (χ4v) is 3.40. The predicted molar refractivity (Wildman–Crippen MR) is 75.9 cm³/mol. The third kappa shape index (κ3) is 2.10. The van der Waals surface area contributed by atoms with Crippen molar-refractivity contribution in [1.29, 1.82) is 0 Å². The number of aromatic nitrogens is 2. The summed E-state index contributed by atoms with van der Waals surface area (Å²) in [6, 6.07) is 4.27. The van der Waals surface area contributed by atoms with Gasteiger partial charge in [0.2, 0.25) is 0 Å². The van der Waals surface area contributed by atoms with E-state index in [1.54, 1.807) is 11.3 Å². The van der Waals surface area contributed by atoms with Gasteiger partial charge in [0.15, 0.2) is 5.82 Å². The Balaban J connectivity index is 2.01. The first-order chi connectivity index (χ1) is 8.90. The molecule has 18 heavy (non-hydrogen) atoms. The SMILES string of the molecule is NCCCc1nc(-c2cccs2)n2c1CCCC2. The van der Waals surface area contributed by atoms with Gasteiger partial charge in [0.05, 0.1) is 10.6 Å². The summed E-state index contributed by atoms with van der Waals surface area (Å²) in [7, 11) is 0. The highest BCUT2D eigenvalue weighted by Crippen LogP contribution is 2.30. The Labute approximate surface area is 112 Å². The lowest BCUT2D eigenvalue weighted by molar-refractivity contribution is 0.532. The van der Waals surface area contributed by atoms with Crippen LogP contribution in [0.25, 0.3) is 10.7 Å². The first-order valence-electron chi connectivity index (χ1n) is 6.72. The molecule has 1 aliphatic rings. The molecule has 0 atom stereocenters. The minimum atomic E-state index is 0.751. The van der Waals surface area contributed by atoms with Crippen LogP contribution in [0.5, 0.6) is 0 Å². The summed E-state index contributed by atoms with van der Waals surface area (Å²) >= 11 is 1.78. The van der Waals surface area contributed by atoms with Crippen LogP contribution in [0.2, 0.25) is 0 Å². The number of hydrogen-bond acceptors (Lipinski definition) is 3. The molecule has 0 aliphatic carbocycles. The summed E-state index contributed by atoms with van der Waals surface area (Å²) in [6.07, 6.45) is 5.81. The van der Waals surface area contributed by atoms with Crippen molar-refractivity contribution < 1.29 is 0 Å². The normalized spacial score (nSPS) is 14.7. The lowest BCUT2D eigenvalue weighted by Gasteiger charge is -2.17. The van der Waals surface area contributed by atoms with Gasteiger partial charge in [-0.25, -0.2) is 4.98 Å². The third-order valence-corrected chi connectivity index (χ3v) is 4.43. The summed E-state index contributed by atoms with van der Waals surface area (Å²) < 4.78 is 2.43. The number of nitrogens with two attached hydrogens (primary N) is 1. The molecule has 0 saturated carbocycles. The lowest BCUT2D eigenvalue weighted by atomic mass is 10.1. The monoisotopic (exact) mass is 261 g/mol. The van der Waals surface area contributed by atoms with Crippen LogP contribution in [0, 0.1) is 0 Å². The molecule has 0 spiro atoms. The standard InChI is InChI=1S/C14H19N3S/c15-8-3-5-11-12-6-1-2-9-17(12)14(16-11)13-7-4-10-18-13/h4,7,10H,1-3,5-6,8-9,15H2. The van der Waals surface area contributed by atoms with Crippen molar-refractivity contribution in [2.24, 2.45) is 5.73 Å². The number of rotatable bonds is 4. The van der Waals surface area contributed by atoms with Crippen LogP contribution in [0.4, 0.5) is 0 Å². The van der Waals surface area contributed by atoms with Gasteiger partial charge in [-0.3, -0.25) is 0 Å². The molecule has 0 fully saturated rings. The van der Waals surface area contributed by atoms with Crippen molar-refractivity contribution in [3.8, 4) is 10.7 Å². The fourth-order valence-electron chi connectivity index (χ4n) is 2.68. The van der Waals surface area contributed by atoms with E-state index >= 15 is 0 Å². The number of fused-ring (bicyclic) bond motifs is 1. The fraction of sp³-hybridized carbons (Fsp3) is 0.500. The van der Waals surface area contributed by atoms with Crippen molar-refractivity contribution in [1.82, 2.24) is 9.55 Å². The van der Waals surface area contributed by atoms with E-state index in [2.05, 4.69) is 22.1 Å². The molecule has 0 aromatic carbocycles. The summed E-state index contributed by atoms with van der Waals surface area (Å²) in [5.74, 6) is 1.17. The Hall–Kier alpha value is -1.13. The Morgan fingerprint density at radius 3 is 3.11 bits per heavy atom. The molecule has 0 amide bonds. The number of nitrogens with zero attached hydrogens (tertiary/aromatic N) is 2. The molecule has 0 saturated heterocycles. The minimum absolute atomic E-state index is 0.751. The molecular formula is C14H19N3S. The third-order valence-electron chi connectivity index (χ3n) is 3.56. The zero-order valence-electron chi connectivity index (χ0n) is 10.6. The van der Waals surface area contributed by atoms with Gasteiger partial charge in [0, 0.05) is 12.2 Å². The highest BCUT2D eigenvalue weighted by molar-refractivity contribution is 7.13. The number of thiophene rings is 1. The minimum Gasteiger partial charge on any atom is -0.330 e. The Bertz CT molecular complexity index is 513. The zero-order chi connectivity index (χ0) is 12.4. The van der Waals surface area contributed by atoms with E-state index in [4.69, 9.17) is 10.7 Å². The van der Waals surface area contributed by atoms with Crippen molar-refractivity contribution >= 4 is 11.3 Å². The number of aryl methyl sites for hydroxylation is 1. The van der Waals surface area contributed by atoms with Gasteiger partial charge in [-0.2, -0.15) is 0 Å². The molecule has 0 unspecified atom stereocenters. The molecule has 3 rings (SSSR count). The highest BCUT2D eigenvalue weighted by Gasteiger charge is 2.20. The van der Waals surface area contributed by atoms with Crippen LogP contribution in [-0.2, 0) is 19.4 Å². The molecular weight excluding hydrogens is 242 g/mol. The summed E-state index contributed by atoms with van der Waals surface area (Å²) in [5, 5.41) is 2.12. The van der Waals surface area contributed by atoms with Crippen molar-refractivity contribution in [3.63, 3.8) is 0 Å². The van der Waals surface area contributed by atoms with Crippen molar-refractivity contribution in [2.45, 2.75) is 38.6 Å². The van der Waals surface area contributed by atoms with E-state index in [1.807, 2.05) is 0 Å². The summed E-state index contributed by atoms with van der Waals surface area (Å²) in [5.41, 5.74) is 8.36. The lowest BCUT2D eigenvalue weighted by Crippen LogP contribution is -2.12. The molecule has 1 aliphatic heterocycles. The predicted octanol–water partition coefficient (Wildman–Crippen LogP) is 2.84. The second-order valence-electron chi connectivity index (χ2n) is 4.81. The largest absolute Gasteiger partial charge is 0.330 e. The van der Waals surface area contributed by atoms with Crippen LogP contribution in [0.3, 0.4) is 0 Å². The van der Waals surface area contributed by atoms with Gasteiger partial charge >= 0.3 is 0 Å². The zero-order valence-corrected chi connectivity index (χ0v) is 11.4. The average Bonchev–Trinajstić information content (AvgIpc) is 3.04. The van der Waals surface area contributed by atoms with Gasteiger partial charge in [-0.05, 0) is 50.1 Å². The molecule has 2 N–H and O–H groups in total. The van der Waals surface area contributed by atoms with Gasteiger partial charge in [-0.15, -0.1) is 11.3 Å². The van der Waals surface area contributed by atoms with Gasteiger partial charge in [-0.1, -0.05) is 6.07 Å². The van der Waals surface area contributed by atoms with E-state index in [9.17, 15) is 0 Å². The molecule has 2 aromatic rings. The average molecular weight is 261 g/mol. The van der Waals surface area contributed by atoms with Crippen molar-refractivity contribution in [3.05, 3.63) is 28.9 Å². The van der Waals surface area contributed by atoms with Crippen molar-refractivity contribution in [2.75, 3.05) is 6.54 Å². The number of hydrogen-bond donors (Lipinski definition) is 1. The molecule has 3 nitrogen and oxygen atoms in total. The van der Waals surface area contributed by atoms with Crippen LogP contribution in [0.15, 0.2) is 17.5 Å². The summed E-state index contributed by atoms with van der Waals surface area (Å²) in [4.78, 5) is 6.18. The maximum Gasteiger partial charge on any atom is 0.150 e. The second kappa shape index (κ2) is 5.24. The first-order valence-corrected chi connectivity index (χ1v) is 7.60. The van der Waals surface area contributed by atoms with E-state index in [-0.39, 0.29) is 0 Å². The second-order valence-corrected chi connectivity index (χ2v) is 5.75. The maximum atomic E-state index is 5.62. The van der Waals surface area contributed by atoms with Gasteiger partial charge in [0.25, 0.3) is 0 Å². The molecule has 2 aromatic heterocycles. The van der Waals surface area contributed by atoms with Crippen LogP contribution >= 0.6 is 11.3 Å². The number of imidazole rings is 1. The van der Waals surface area contributed by atoms with Crippen LogP contribution < -0.4 is 5.73 Å². The molecule has 3 heterocycles. The molecule has 4 heteroatoms. The van der Waals surface area contributed by atoms with Crippen LogP contribution in [0.1, 0.15) is 30.7 Å². The Kier molecular flexibility index (Phi) is 3.48. The topological polar surface area (TPSA) is 43.8 Å². The quantitative estimate of drug-likeness (QED) is 0.919. The van der Waals surface area contributed by atoms with Gasteiger partial charge < -0.3 is 10.3 Å². The van der Waals surface area contributed by atoms with E-state index < -0.39 is 0 Å². The smallest absolute Gasteiger partial charge is 0.150 e. The van der Waals surface area contributed by atoms with Gasteiger partial charge in [0.1, 0.15) is 0 Å². The Morgan fingerprint density at radius 2 is 2.33 bits per heavy atom. The molecule has 0 bridgehead atoms. The first kappa shape index (κ1) is 11.9. The highest BCUT2D eigenvalue weighted by atomic mass is 32.1. The van der Waals surface area contributed by atoms with Crippen LogP contribution in [-0.4, -0.2) is 16.1 Å². The molecule has 96 valence electrons. The van der Waals surface area contributed by atoms with E-state index in [1.165, 1.54) is 41.4 Å². The van der Waals surface area contributed by atoms with E-state index in [0.29, 0.717) is 0 Å². The van der Waals surface area contributed by atoms with E-state index in [0.717, 1.165) is 25.9 Å². The summed E-state index contributed by atoms with van der Waals surface area (Å²) in [6.45, 7) is 1.87. The maximum absolute atomic E-state index is 5.62.